The van der Waals surface area contributed by atoms with Gasteiger partial charge in [0, 0.05) is 29.8 Å². The van der Waals surface area contributed by atoms with Crippen LogP contribution in [-0.4, -0.2) is 44.3 Å². The van der Waals surface area contributed by atoms with Crippen LogP contribution >= 0.6 is 15.9 Å². The van der Waals surface area contributed by atoms with Crippen LogP contribution < -0.4 is 16.0 Å². The van der Waals surface area contributed by atoms with Crippen LogP contribution in [0.1, 0.15) is 19.4 Å². The number of anilines is 1. The van der Waals surface area contributed by atoms with E-state index in [0.29, 0.717) is 5.69 Å². The van der Waals surface area contributed by atoms with Gasteiger partial charge in [-0.05, 0) is 55.8 Å². The summed E-state index contributed by atoms with van der Waals surface area (Å²) in [4.78, 5) is 24.0. The lowest BCUT2D eigenvalue weighted by Crippen LogP contribution is -2.38. The molecule has 0 aromatic heterocycles. The molecular formula is C20H25BrN4O4S. The molecule has 0 saturated heterocycles. The van der Waals surface area contributed by atoms with Crippen molar-refractivity contribution in [2.24, 2.45) is 0 Å². The standard InChI is InChI=1S/C20H25BrN4O4S/c1-14(2)23-20(27)24-17-8-4-15(5-9-17)12-22-19(26)13-25(3)30(28,29)18-10-6-16(21)7-11-18/h4-11,14H,12-13H2,1-3H3,(H,22,26)(H2,23,24,27). The second-order valence-corrected chi connectivity index (χ2v) is 9.90. The lowest BCUT2D eigenvalue weighted by molar-refractivity contribution is -0.121. The van der Waals surface area contributed by atoms with Gasteiger partial charge < -0.3 is 16.0 Å². The van der Waals surface area contributed by atoms with Crippen molar-refractivity contribution in [2.75, 3.05) is 18.9 Å². The molecule has 10 heteroatoms. The first kappa shape index (κ1) is 23.8. The minimum atomic E-state index is -3.75. The third-order valence-corrected chi connectivity index (χ3v) is 6.36. The minimum absolute atomic E-state index is 0.0326. The molecule has 0 radical (unpaired) electrons. The lowest BCUT2D eigenvalue weighted by Gasteiger charge is -2.17. The van der Waals surface area contributed by atoms with E-state index < -0.39 is 15.9 Å². The maximum absolute atomic E-state index is 12.5. The van der Waals surface area contributed by atoms with Gasteiger partial charge in [0.25, 0.3) is 0 Å². The highest BCUT2D eigenvalue weighted by atomic mass is 79.9. The molecule has 2 aromatic rings. The van der Waals surface area contributed by atoms with Gasteiger partial charge in [-0.15, -0.1) is 0 Å². The van der Waals surface area contributed by atoms with E-state index >= 15 is 0 Å². The smallest absolute Gasteiger partial charge is 0.319 e. The van der Waals surface area contributed by atoms with E-state index in [-0.39, 0.29) is 30.1 Å². The van der Waals surface area contributed by atoms with E-state index in [1.165, 1.54) is 19.2 Å². The summed E-state index contributed by atoms with van der Waals surface area (Å²) in [7, 11) is -2.39. The maximum atomic E-state index is 12.5. The Bertz CT molecular complexity index is 977. The van der Waals surface area contributed by atoms with E-state index in [0.717, 1.165) is 14.3 Å². The Hall–Kier alpha value is -2.43. The molecule has 0 saturated carbocycles. The number of nitrogens with zero attached hydrogens (tertiary/aromatic N) is 1. The molecule has 0 fully saturated rings. The summed E-state index contributed by atoms with van der Waals surface area (Å²) in [5, 5.41) is 8.14. The Labute approximate surface area is 185 Å². The molecule has 0 aliphatic rings. The summed E-state index contributed by atoms with van der Waals surface area (Å²) < 4.78 is 26.8. The van der Waals surface area contributed by atoms with Crippen LogP contribution in [0.5, 0.6) is 0 Å². The van der Waals surface area contributed by atoms with Crippen LogP contribution in [0, 0.1) is 0 Å². The van der Waals surface area contributed by atoms with Gasteiger partial charge in [-0.2, -0.15) is 4.31 Å². The summed E-state index contributed by atoms with van der Waals surface area (Å²) >= 11 is 3.26. The molecule has 2 aromatic carbocycles. The predicted molar refractivity (Wildman–Crippen MR) is 120 cm³/mol. The number of benzene rings is 2. The monoisotopic (exact) mass is 496 g/mol. The summed E-state index contributed by atoms with van der Waals surface area (Å²) in [6, 6.07) is 13.0. The second kappa shape index (κ2) is 10.6. The number of hydrogen-bond acceptors (Lipinski definition) is 4. The van der Waals surface area contributed by atoms with Gasteiger partial charge in [-0.3, -0.25) is 4.79 Å². The number of urea groups is 1. The maximum Gasteiger partial charge on any atom is 0.319 e. The summed E-state index contributed by atoms with van der Waals surface area (Å²) in [5.74, 6) is -0.420. The topological polar surface area (TPSA) is 108 Å². The molecule has 30 heavy (non-hydrogen) atoms. The highest BCUT2D eigenvalue weighted by Gasteiger charge is 2.22. The molecule has 3 N–H and O–H groups in total. The second-order valence-electron chi connectivity index (χ2n) is 6.94. The van der Waals surface area contributed by atoms with E-state index in [4.69, 9.17) is 0 Å². The fourth-order valence-electron chi connectivity index (χ4n) is 2.47. The zero-order chi connectivity index (χ0) is 22.3. The van der Waals surface area contributed by atoms with Crippen molar-refractivity contribution >= 4 is 43.6 Å². The molecule has 0 unspecified atom stereocenters. The Morgan fingerprint density at radius 1 is 1.03 bits per heavy atom. The number of likely N-dealkylation sites (N-methyl/N-ethyl adjacent to an activating group) is 1. The van der Waals surface area contributed by atoms with Crippen LogP contribution in [0.15, 0.2) is 57.9 Å². The van der Waals surface area contributed by atoms with Crippen LogP contribution in [0.2, 0.25) is 0 Å². The fourth-order valence-corrected chi connectivity index (χ4v) is 3.86. The van der Waals surface area contributed by atoms with Crippen molar-refractivity contribution < 1.29 is 18.0 Å². The van der Waals surface area contributed by atoms with Crippen LogP contribution in [0.4, 0.5) is 10.5 Å². The zero-order valence-corrected chi connectivity index (χ0v) is 19.4. The van der Waals surface area contributed by atoms with Crippen molar-refractivity contribution in [1.82, 2.24) is 14.9 Å². The molecule has 162 valence electrons. The number of sulfonamides is 1. The van der Waals surface area contributed by atoms with Gasteiger partial charge in [-0.1, -0.05) is 28.1 Å². The predicted octanol–water partition coefficient (Wildman–Crippen LogP) is 2.92. The zero-order valence-electron chi connectivity index (χ0n) is 17.0. The molecule has 0 aliphatic heterocycles. The molecule has 0 heterocycles. The summed E-state index contributed by atoms with van der Waals surface area (Å²) in [6.45, 7) is 3.68. The SMILES string of the molecule is CC(C)NC(=O)Nc1ccc(CNC(=O)CN(C)S(=O)(=O)c2ccc(Br)cc2)cc1. The molecule has 0 aliphatic carbocycles. The third kappa shape index (κ3) is 7.12. The number of carbonyl (C=O) groups is 2. The lowest BCUT2D eigenvalue weighted by atomic mass is 10.2. The number of carbonyl (C=O) groups excluding carboxylic acids is 2. The fraction of sp³-hybridized carbons (Fsp3) is 0.300. The van der Waals surface area contributed by atoms with Gasteiger partial charge >= 0.3 is 6.03 Å². The molecule has 0 bridgehead atoms. The number of rotatable bonds is 8. The van der Waals surface area contributed by atoms with Gasteiger partial charge in [0.1, 0.15) is 0 Å². The van der Waals surface area contributed by atoms with Crippen molar-refractivity contribution in [3.63, 3.8) is 0 Å². The Morgan fingerprint density at radius 3 is 2.20 bits per heavy atom. The molecule has 2 rings (SSSR count). The Morgan fingerprint density at radius 2 is 1.63 bits per heavy atom. The molecular weight excluding hydrogens is 472 g/mol. The quantitative estimate of drug-likeness (QED) is 0.521. The Balaban J connectivity index is 1.86. The van der Waals surface area contributed by atoms with Gasteiger partial charge in [-0.25, -0.2) is 13.2 Å². The van der Waals surface area contributed by atoms with Crippen LogP contribution in [0.25, 0.3) is 0 Å². The normalized spacial score (nSPS) is 11.4. The van der Waals surface area contributed by atoms with Crippen LogP contribution in [-0.2, 0) is 21.4 Å². The number of hydrogen-bond donors (Lipinski definition) is 3. The van der Waals surface area contributed by atoms with E-state index in [9.17, 15) is 18.0 Å². The minimum Gasteiger partial charge on any atom is -0.351 e. The Kier molecular flexibility index (Phi) is 8.39. The number of amides is 3. The van der Waals surface area contributed by atoms with E-state index in [2.05, 4.69) is 31.9 Å². The average Bonchev–Trinajstić information content (AvgIpc) is 2.67. The average molecular weight is 497 g/mol. The molecule has 0 atom stereocenters. The van der Waals surface area contributed by atoms with E-state index in [1.54, 1.807) is 36.4 Å². The summed E-state index contributed by atoms with van der Waals surface area (Å²) in [5.41, 5.74) is 1.44. The van der Waals surface area contributed by atoms with Crippen molar-refractivity contribution in [2.45, 2.75) is 31.3 Å². The highest BCUT2D eigenvalue weighted by molar-refractivity contribution is 9.10. The molecule has 3 amide bonds. The first-order chi connectivity index (χ1) is 14.1. The summed E-state index contributed by atoms with van der Waals surface area (Å²) in [6.07, 6.45) is 0. The van der Waals surface area contributed by atoms with Gasteiger partial charge in [0.05, 0.1) is 11.4 Å². The van der Waals surface area contributed by atoms with Crippen LogP contribution in [0.3, 0.4) is 0 Å². The van der Waals surface area contributed by atoms with E-state index in [1.807, 2.05) is 13.8 Å². The van der Waals surface area contributed by atoms with Gasteiger partial charge in [0.2, 0.25) is 15.9 Å². The molecule has 0 spiro atoms. The van der Waals surface area contributed by atoms with Crippen molar-refractivity contribution in [3.05, 3.63) is 58.6 Å². The van der Waals surface area contributed by atoms with Crippen molar-refractivity contribution in [1.29, 1.82) is 0 Å². The number of halogens is 1. The van der Waals surface area contributed by atoms with Crippen molar-refractivity contribution in [3.8, 4) is 0 Å². The first-order valence-corrected chi connectivity index (χ1v) is 11.5. The largest absolute Gasteiger partial charge is 0.351 e. The van der Waals surface area contributed by atoms with Gasteiger partial charge in [0.15, 0.2) is 0 Å². The third-order valence-electron chi connectivity index (χ3n) is 4.01. The molecule has 8 nitrogen and oxygen atoms in total. The number of nitrogens with one attached hydrogen (secondary N) is 3. The highest BCUT2D eigenvalue weighted by Crippen LogP contribution is 2.17. The first-order valence-electron chi connectivity index (χ1n) is 9.23.